The van der Waals surface area contributed by atoms with Gasteiger partial charge in [-0.05, 0) is 36.4 Å². The fourth-order valence-electron chi connectivity index (χ4n) is 2.25. The van der Waals surface area contributed by atoms with E-state index in [2.05, 4.69) is 5.16 Å². The Kier molecular flexibility index (Phi) is 4.85. The molecular formula is C17H14ClN3O4. The van der Waals surface area contributed by atoms with Gasteiger partial charge in [-0.15, -0.1) is 0 Å². The number of para-hydroxylation sites is 2. The maximum atomic E-state index is 11.8. The molecule has 1 aromatic heterocycles. The third kappa shape index (κ3) is 3.89. The number of carbonyl (C=O) groups is 1. The highest BCUT2D eigenvalue weighted by atomic mass is 35.5. The number of fused-ring (bicyclic) bond motifs is 1. The number of aromatic nitrogens is 1. The zero-order chi connectivity index (χ0) is 17.8. The third-order valence-electron chi connectivity index (χ3n) is 3.50. The third-order valence-corrected chi connectivity index (χ3v) is 3.75. The molecule has 3 aromatic rings. The van der Waals surface area contributed by atoms with Crippen molar-refractivity contribution >= 4 is 34.5 Å². The molecule has 0 aliphatic rings. The Hall–Kier alpha value is -3.06. The van der Waals surface area contributed by atoms with Gasteiger partial charge < -0.3 is 15.0 Å². The summed E-state index contributed by atoms with van der Waals surface area (Å²) in [7, 11) is 0. The van der Waals surface area contributed by atoms with Crippen molar-refractivity contribution in [1.29, 1.82) is 0 Å². The lowest BCUT2D eigenvalue weighted by atomic mass is 10.2. The molecule has 2 N–H and O–H groups in total. The van der Waals surface area contributed by atoms with E-state index >= 15 is 0 Å². The summed E-state index contributed by atoms with van der Waals surface area (Å²) in [6.45, 7) is 0.116. The molecule has 0 bridgehead atoms. The Morgan fingerprint density at radius 3 is 2.68 bits per heavy atom. The molecule has 0 fully saturated rings. The molecule has 7 nitrogen and oxygen atoms in total. The number of nitrogens with two attached hydrogens (primary N) is 1. The van der Waals surface area contributed by atoms with Gasteiger partial charge in [-0.3, -0.25) is 4.57 Å². The van der Waals surface area contributed by atoms with Gasteiger partial charge in [-0.2, -0.15) is 0 Å². The second-order valence-corrected chi connectivity index (χ2v) is 5.62. The first-order valence-electron chi connectivity index (χ1n) is 7.42. The van der Waals surface area contributed by atoms with Crippen molar-refractivity contribution in [3.63, 3.8) is 0 Å². The topological polar surface area (TPSA) is 99.8 Å². The van der Waals surface area contributed by atoms with Crippen LogP contribution in [0.1, 0.15) is 12.0 Å². The lowest BCUT2D eigenvalue weighted by Crippen LogP contribution is -2.18. The minimum atomic E-state index is -0.617. The van der Waals surface area contributed by atoms with Crippen LogP contribution in [0.2, 0.25) is 5.02 Å². The lowest BCUT2D eigenvalue weighted by molar-refractivity contribution is -0.143. The Labute approximate surface area is 147 Å². The standard InChI is InChI=1S/C17H14ClN3O4/c18-12-7-5-11(6-8-12)16(19)20-25-15(22)9-10-21-13-3-1-2-4-14(13)24-17(21)23/h1-8H,9-10H2,(H2,19,20). The van der Waals surface area contributed by atoms with Crippen LogP contribution in [-0.2, 0) is 16.2 Å². The van der Waals surface area contributed by atoms with E-state index in [9.17, 15) is 9.59 Å². The second kappa shape index (κ2) is 7.23. The van der Waals surface area contributed by atoms with Gasteiger partial charge >= 0.3 is 11.7 Å². The van der Waals surface area contributed by atoms with Gasteiger partial charge in [0.2, 0.25) is 0 Å². The SMILES string of the molecule is NC(=NOC(=O)CCn1c(=O)oc2ccccc21)c1ccc(Cl)cc1. The van der Waals surface area contributed by atoms with Gasteiger partial charge in [-0.1, -0.05) is 28.9 Å². The van der Waals surface area contributed by atoms with Crippen molar-refractivity contribution in [2.75, 3.05) is 0 Å². The summed E-state index contributed by atoms with van der Waals surface area (Å²) in [6, 6.07) is 13.6. The molecule has 0 aliphatic carbocycles. The van der Waals surface area contributed by atoms with Crippen molar-refractivity contribution in [2.45, 2.75) is 13.0 Å². The quantitative estimate of drug-likeness (QED) is 0.326. The molecule has 0 atom stereocenters. The van der Waals surface area contributed by atoms with Crippen molar-refractivity contribution in [3.05, 3.63) is 69.7 Å². The van der Waals surface area contributed by atoms with Gasteiger partial charge in [0.15, 0.2) is 11.4 Å². The summed E-state index contributed by atoms with van der Waals surface area (Å²) in [5.41, 5.74) is 7.40. The summed E-state index contributed by atoms with van der Waals surface area (Å²) in [5, 5.41) is 4.16. The first-order valence-corrected chi connectivity index (χ1v) is 7.80. The summed E-state index contributed by atoms with van der Waals surface area (Å²) < 4.78 is 6.46. The van der Waals surface area contributed by atoms with Crippen LogP contribution in [0.15, 0.2) is 62.9 Å². The molecule has 3 rings (SSSR count). The Morgan fingerprint density at radius 1 is 1.20 bits per heavy atom. The molecule has 2 aromatic carbocycles. The van der Waals surface area contributed by atoms with Gasteiger partial charge in [0.05, 0.1) is 11.9 Å². The molecule has 0 spiro atoms. The Bertz CT molecular complexity index is 989. The molecular weight excluding hydrogens is 346 g/mol. The van der Waals surface area contributed by atoms with Crippen molar-refractivity contribution in [2.24, 2.45) is 10.9 Å². The maximum absolute atomic E-state index is 11.8. The highest BCUT2D eigenvalue weighted by Crippen LogP contribution is 2.12. The van der Waals surface area contributed by atoms with E-state index in [1.54, 1.807) is 48.5 Å². The number of nitrogens with zero attached hydrogens (tertiary/aromatic N) is 2. The number of halogens is 1. The molecule has 8 heteroatoms. The average Bonchev–Trinajstić information content (AvgIpc) is 2.93. The van der Waals surface area contributed by atoms with Crippen LogP contribution in [0.25, 0.3) is 11.1 Å². The van der Waals surface area contributed by atoms with E-state index < -0.39 is 11.7 Å². The molecule has 0 amide bonds. The molecule has 0 aliphatic heterocycles. The van der Waals surface area contributed by atoms with Crippen molar-refractivity contribution in [1.82, 2.24) is 4.57 Å². The number of amidine groups is 1. The fraction of sp³-hybridized carbons (Fsp3) is 0.118. The van der Waals surface area contributed by atoms with Crippen LogP contribution in [0.3, 0.4) is 0 Å². The molecule has 128 valence electrons. The number of carbonyl (C=O) groups excluding carboxylic acids is 1. The second-order valence-electron chi connectivity index (χ2n) is 5.18. The zero-order valence-electron chi connectivity index (χ0n) is 13.0. The van der Waals surface area contributed by atoms with E-state index in [-0.39, 0.29) is 18.8 Å². The van der Waals surface area contributed by atoms with Gasteiger partial charge in [0.25, 0.3) is 0 Å². The number of rotatable bonds is 5. The lowest BCUT2D eigenvalue weighted by Gasteiger charge is -2.02. The molecule has 0 saturated carbocycles. The summed E-state index contributed by atoms with van der Waals surface area (Å²) in [6.07, 6.45) is -0.0547. The number of hydrogen-bond acceptors (Lipinski definition) is 5. The Morgan fingerprint density at radius 2 is 1.92 bits per heavy atom. The monoisotopic (exact) mass is 359 g/mol. The first kappa shape index (κ1) is 16.8. The molecule has 25 heavy (non-hydrogen) atoms. The Balaban J connectivity index is 1.63. The van der Waals surface area contributed by atoms with Crippen LogP contribution in [0, 0.1) is 0 Å². The summed E-state index contributed by atoms with van der Waals surface area (Å²) in [5.74, 6) is -1.09. The van der Waals surface area contributed by atoms with E-state index in [4.69, 9.17) is 26.6 Å². The van der Waals surface area contributed by atoms with E-state index in [1.165, 1.54) is 4.57 Å². The van der Waals surface area contributed by atoms with Crippen molar-refractivity contribution < 1.29 is 14.0 Å². The van der Waals surface area contributed by atoms with Crippen molar-refractivity contribution in [3.8, 4) is 0 Å². The average molecular weight is 360 g/mol. The fourth-order valence-corrected chi connectivity index (χ4v) is 2.37. The molecule has 1 heterocycles. The number of oxime groups is 1. The van der Waals surface area contributed by atoms with Crippen LogP contribution in [0.4, 0.5) is 0 Å². The first-order chi connectivity index (χ1) is 12.0. The van der Waals surface area contributed by atoms with E-state index in [0.29, 0.717) is 21.7 Å². The minimum absolute atomic E-state index is 0.0518. The largest absolute Gasteiger partial charge is 0.419 e. The van der Waals surface area contributed by atoms with E-state index in [1.807, 2.05) is 0 Å². The minimum Gasteiger partial charge on any atom is -0.408 e. The summed E-state index contributed by atoms with van der Waals surface area (Å²) in [4.78, 5) is 28.4. The van der Waals surface area contributed by atoms with Crippen LogP contribution < -0.4 is 11.5 Å². The predicted octanol–water partition coefficient (Wildman–Crippen LogP) is 2.50. The van der Waals surface area contributed by atoms with Gasteiger partial charge in [0, 0.05) is 17.1 Å². The molecule has 0 unspecified atom stereocenters. The van der Waals surface area contributed by atoms with Crippen LogP contribution >= 0.6 is 11.6 Å². The van der Waals surface area contributed by atoms with Gasteiger partial charge in [-0.25, -0.2) is 9.59 Å². The smallest absolute Gasteiger partial charge is 0.408 e. The predicted molar refractivity (Wildman–Crippen MR) is 93.4 cm³/mol. The van der Waals surface area contributed by atoms with Crippen LogP contribution in [0.5, 0.6) is 0 Å². The number of aryl methyl sites for hydroxylation is 1. The summed E-state index contributed by atoms with van der Waals surface area (Å²) >= 11 is 5.79. The maximum Gasteiger partial charge on any atom is 0.419 e. The molecule has 0 radical (unpaired) electrons. The zero-order valence-corrected chi connectivity index (χ0v) is 13.8. The van der Waals surface area contributed by atoms with Crippen LogP contribution in [-0.4, -0.2) is 16.4 Å². The number of hydrogen-bond donors (Lipinski definition) is 1. The number of oxazole rings is 1. The normalized spacial score (nSPS) is 11.6. The highest BCUT2D eigenvalue weighted by Gasteiger charge is 2.11. The van der Waals surface area contributed by atoms with E-state index in [0.717, 1.165) is 0 Å². The number of benzene rings is 2. The van der Waals surface area contributed by atoms with Gasteiger partial charge in [0.1, 0.15) is 0 Å². The highest BCUT2D eigenvalue weighted by molar-refractivity contribution is 6.30. The molecule has 0 saturated heterocycles.